The van der Waals surface area contributed by atoms with E-state index in [0.717, 1.165) is 26.3 Å². The van der Waals surface area contributed by atoms with Crippen LogP contribution >= 0.6 is 0 Å². The number of aromatic nitrogens is 1. The summed E-state index contributed by atoms with van der Waals surface area (Å²) in [5, 5.41) is 3.91. The van der Waals surface area contributed by atoms with Gasteiger partial charge in [0.05, 0.1) is 32.5 Å². The maximum absolute atomic E-state index is 12.4. The molecule has 3 rings (SSSR count). The van der Waals surface area contributed by atoms with Gasteiger partial charge in [-0.15, -0.1) is 0 Å². The molecule has 2 N–H and O–H groups in total. The van der Waals surface area contributed by atoms with Crippen molar-refractivity contribution in [1.29, 1.82) is 0 Å². The molecule has 2 fully saturated rings. The topological polar surface area (TPSA) is 94.1 Å². The van der Waals surface area contributed by atoms with Gasteiger partial charge < -0.3 is 24.6 Å². The van der Waals surface area contributed by atoms with Gasteiger partial charge in [0.25, 0.3) is 5.91 Å². The van der Waals surface area contributed by atoms with E-state index in [1.807, 2.05) is 0 Å². The van der Waals surface area contributed by atoms with Gasteiger partial charge in [0.2, 0.25) is 0 Å². The molecular weight excluding hydrogens is 288 g/mol. The van der Waals surface area contributed by atoms with Gasteiger partial charge >= 0.3 is 0 Å². The second-order valence-electron chi connectivity index (χ2n) is 5.55. The van der Waals surface area contributed by atoms with Crippen LogP contribution in [0.3, 0.4) is 0 Å². The first-order chi connectivity index (χ1) is 10.8. The highest BCUT2D eigenvalue weighted by atomic mass is 16.5. The molecule has 2 saturated heterocycles. The molecule has 122 valence electrons. The van der Waals surface area contributed by atoms with Gasteiger partial charge in [-0.05, 0) is 0 Å². The molecule has 0 bridgehead atoms. The Morgan fingerprint density at radius 1 is 1.32 bits per heavy atom. The molecule has 8 heteroatoms. The summed E-state index contributed by atoms with van der Waals surface area (Å²) in [6.07, 6.45) is -0.0996. The molecule has 1 unspecified atom stereocenters. The molecule has 0 aliphatic carbocycles. The van der Waals surface area contributed by atoms with Gasteiger partial charge in [-0.3, -0.25) is 9.69 Å². The number of carbonyl (C=O) groups is 1. The number of nitrogens with zero attached hydrogens (tertiary/aromatic N) is 3. The highest BCUT2D eigenvalue weighted by Gasteiger charge is 2.26. The Balaban J connectivity index is 1.58. The number of nitrogens with two attached hydrogens (primary N) is 1. The first kappa shape index (κ1) is 15.4. The number of morpholine rings is 2. The Morgan fingerprint density at radius 3 is 2.91 bits per heavy atom. The second-order valence-corrected chi connectivity index (χ2v) is 5.55. The Labute approximate surface area is 129 Å². The first-order valence-corrected chi connectivity index (χ1v) is 7.63. The lowest BCUT2D eigenvalue weighted by molar-refractivity contribution is -0.0170. The van der Waals surface area contributed by atoms with E-state index < -0.39 is 0 Å². The zero-order valence-electron chi connectivity index (χ0n) is 12.6. The van der Waals surface area contributed by atoms with Crippen molar-refractivity contribution in [3.8, 4) is 0 Å². The zero-order chi connectivity index (χ0) is 15.4. The van der Waals surface area contributed by atoms with Gasteiger partial charge in [-0.1, -0.05) is 5.16 Å². The molecule has 1 aromatic heterocycles. The second kappa shape index (κ2) is 7.19. The number of hydrogen-bond donors (Lipinski definition) is 1. The van der Waals surface area contributed by atoms with Gasteiger partial charge in [0.1, 0.15) is 0 Å². The average molecular weight is 310 g/mol. The largest absolute Gasteiger partial charge is 0.379 e. The van der Waals surface area contributed by atoms with Crippen molar-refractivity contribution in [2.75, 3.05) is 52.5 Å². The third-order valence-electron chi connectivity index (χ3n) is 3.95. The van der Waals surface area contributed by atoms with Crippen LogP contribution in [0.2, 0.25) is 0 Å². The minimum absolute atomic E-state index is 0.0996. The van der Waals surface area contributed by atoms with Crippen LogP contribution in [0.1, 0.15) is 16.2 Å². The van der Waals surface area contributed by atoms with Crippen LogP contribution in [0.4, 0.5) is 0 Å². The Morgan fingerprint density at radius 2 is 2.14 bits per heavy atom. The summed E-state index contributed by atoms with van der Waals surface area (Å²) in [5.41, 5.74) is 5.95. The van der Waals surface area contributed by atoms with E-state index in [1.54, 1.807) is 11.0 Å². The van der Waals surface area contributed by atoms with Crippen molar-refractivity contribution in [3.63, 3.8) is 0 Å². The van der Waals surface area contributed by atoms with Crippen LogP contribution in [-0.4, -0.2) is 79.5 Å². The van der Waals surface area contributed by atoms with Crippen LogP contribution in [-0.2, 0) is 16.0 Å². The highest BCUT2D eigenvalue weighted by molar-refractivity contribution is 5.92. The lowest BCUT2D eigenvalue weighted by Crippen LogP contribution is -2.48. The number of ether oxygens (including phenoxy) is 2. The maximum atomic E-state index is 12.4. The van der Waals surface area contributed by atoms with Crippen LogP contribution in [0.5, 0.6) is 0 Å². The summed E-state index contributed by atoms with van der Waals surface area (Å²) < 4.78 is 16.1. The normalized spacial score (nSPS) is 23.7. The zero-order valence-corrected chi connectivity index (χ0v) is 12.6. The number of hydrogen-bond acceptors (Lipinski definition) is 7. The Hall–Kier alpha value is -1.48. The average Bonchev–Trinajstić information content (AvgIpc) is 3.03. The molecule has 22 heavy (non-hydrogen) atoms. The fraction of sp³-hybridized carbons (Fsp3) is 0.714. The number of rotatable bonds is 4. The van der Waals surface area contributed by atoms with Crippen LogP contribution in [0.25, 0.3) is 0 Å². The molecule has 3 heterocycles. The minimum atomic E-state index is -0.126. The third-order valence-corrected chi connectivity index (χ3v) is 3.95. The van der Waals surface area contributed by atoms with E-state index in [4.69, 9.17) is 19.7 Å². The predicted octanol–water partition coefficient (Wildman–Crippen LogP) is -0.693. The van der Waals surface area contributed by atoms with Crippen LogP contribution in [0.15, 0.2) is 10.6 Å². The van der Waals surface area contributed by atoms with E-state index >= 15 is 0 Å². The monoisotopic (exact) mass is 310 g/mol. The molecule has 1 atom stereocenters. The Bertz CT molecular complexity index is 501. The summed E-state index contributed by atoms with van der Waals surface area (Å²) in [6.45, 7) is 5.82. The molecule has 2 aliphatic rings. The molecule has 8 nitrogen and oxygen atoms in total. The first-order valence-electron chi connectivity index (χ1n) is 7.63. The fourth-order valence-electron chi connectivity index (χ4n) is 2.68. The minimum Gasteiger partial charge on any atom is -0.379 e. The van der Waals surface area contributed by atoms with Crippen molar-refractivity contribution in [2.24, 2.45) is 5.73 Å². The van der Waals surface area contributed by atoms with Crippen LogP contribution < -0.4 is 5.73 Å². The SMILES string of the molecule is NCC1CN(C(=O)c2cc(CN3CCOCC3)on2)CCO1. The maximum Gasteiger partial charge on any atom is 0.276 e. The van der Waals surface area contributed by atoms with Crippen LogP contribution in [0, 0.1) is 0 Å². The van der Waals surface area contributed by atoms with Crippen molar-refractivity contribution in [2.45, 2.75) is 12.6 Å². The van der Waals surface area contributed by atoms with Crippen molar-refractivity contribution in [1.82, 2.24) is 15.0 Å². The molecule has 2 aliphatic heterocycles. The molecule has 0 spiro atoms. The highest BCUT2D eigenvalue weighted by Crippen LogP contribution is 2.13. The van der Waals surface area contributed by atoms with E-state index in [-0.39, 0.29) is 12.0 Å². The summed E-state index contributed by atoms with van der Waals surface area (Å²) in [6, 6.07) is 1.73. The molecule has 0 aromatic carbocycles. The molecular formula is C14H22N4O4. The summed E-state index contributed by atoms with van der Waals surface area (Å²) in [5.74, 6) is 0.576. The number of amides is 1. The van der Waals surface area contributed by atoms with Gasteiger partial charge in [-0.25, -0.2) is 0 Å². The fourth-order valence-corrected chi connectivity index (χ4v) is 2.68. The summed E-state index contributed by atoms with van der Waals surface area (Å²) >= 11 is 0. The number of carbonyl (C=O) groups excluding carboxylic acids is 1. The molecule has 1 aromatic rings. The van der Waals surface area contributed by atoms with Gasteiger partial charge in [0.15, 0.2) is 11.5 Å². The van der Waals surface area contributed by atoms with Gasteiger partial charge in [0, 0.05) is 38.8 Å². The quantitative estimate of drug-likeness (QED) is 0.786. The molecule has 1 amide bonds. The third kappa shape index (κ3) is 3.64. The van der Waals surface area contributed by atoms with E-state index in [0.29, 0.717) is 44.2 Å². The summed E-state index contributed by atoms with van der Waals surface area (Å²) in [7, 11) is 0. The van der Waals surface area contributed by atoms with E-state index in [1.165, 1.54) is 0 Å². The molecule has 0 radical (unpaired) electrons. The van der Waals surface area contributed by atoms with Crippen molar-refractivity contribution in [3.05, 3.63) is 17.5 Å². The van der Waals surface area contributed by atoms with Crippen molar-refractivity contribution < 1.29 is 18.8 Å². The Kier molecular flexibility index (Phi) is 5.04. The lowest BCUT2D eigenvalue weighted by Gasteiger charge is -2.31. The van der Waals surface area contributed by atoms with Gasteiger partial charge in [-0.2, -0.15) is 0 Å². The molecule has 0 saturated carbocycles. The lowest BCUT2D eigenvalue weighted by atomic mass is 10.2. The van der Waals surface area contributed by atoms with E-state index in [2.05, 4.69) is 10.1 Å². The van der Waals surface area contributed by atoms with Crippen molar-refractivity contribution >= 4 is 5.91 Å². The smallest absolute Gasteiger partial charge is 0.276 e. The standard InChI is InChI=1S/C14H22N4O4/c15-8-12-10-18(3-6-21-12)14(19)13-7-11(22-16-13)9-17-1-4-20-5-2-17/h7,12H,1-6,8-10,15H2. The van der Waals surface area contributed by atoms with E-state index in [9.17, 15) is 4.79 Å². The predicted molar refractivity (Wildman–Crippen MR) is 77.3 cm³/mol. The summed E-state index contributed by atoms with van der Waals surface area (Å²) in [4.78, 5) is 16.4.